The van der Waals surface area contributed by atoms with Gasteiger partial charge in [0.2, 0.25) is 0 Å². The van der Waals surface area contributed by atoms with E-state index in [0.29, 0.717) is 6.54 Å². The van der Waals surface area contributed by atoms with Crippen LogP contribution in [0.2, 0.25) is 0 Å². The fourth-order valence-electron chi connectivity index (χ4n) is 3.89. The fourth-order valence-corrected chi connectivity index (χ4v) is 3.89. The summed E-state index contributed by atoms with van der Waals surface area (Å²) in [5, 5.41) is 6.12. The Labute approximate surface area is 150 Å². The van der Waals surface area contributed by atoms with E-state index in [1.54, 1.807) is 0 Å². The highest BCUT2D eigenvalue weighted by atomic mass is 16.2. The summed E-state index contributed by atoms with van der Waals surface area (Å²) in [7, 11) is 0. The largest absolute Gasteiger partial charge is 0.357 e. The summed E-state index contributed by atoms with van der Waals surface area (Å²) < 4.78 is 0. The molecule has 136 valence electrons. The normalized spacial score (nSPS) is 23.8. The lowest BCUT2D eigenvalue weighted by Gasteiger charge is -2.18. The molecule has 0 aromatic carbocycles. The van der Waals surface area contributed by atoms with Gasteiger partial charge in [0.05, 0.1) is 0 Å². The SMILES string of the molecule is O=C(NCc1ccnc(N2CCCC2)c1)N[C@H]1CCN(CC2CC2)C1. The Bertz CT molecular complexity index is 597. The Kier molecular flexibility index (Phi) is 5.06. The number of pyridine rings is 1. The zero-order valence-corrected chi connectivity index (χ0v) is 14.9. The molecule has 4 rings (SSSR count). The smallest absolute Gasteiger partial charge is 0.315 e. The Balaban J connectivity index is 1.21. The van der Waals surface area contributed by atoms with Crippen molar-refractivity contribution in [2.24, 2.45) is 5.92 Å². The van der Waals surface area contributed by atoms with E-state index in [0.717, 1.165) is 49.9 Å². The maximum absolute atomic E-state index is 12.2. The molecule has 2 N–H and O–H groups in total. The van der Waals surface area contributed by atoms with Gasteiger partial charge in [-0.3, -0.25) is 0 Å². The molecular formula is C19H29N5O. The third-order valence-corrected chi connectivity index (χ3v) is 5.51. The number of carbonyl (C=O) groups is 1. The molecule has 0 radical (unpaired) electrons. The standard InChI is InChI=1S/C19H29N5O/c25-19(22-17-6-10-23(14-17)13-15-3-4-15)21-12-16-5-7-20-18(11-16)24-8-1-2-9-24/h5,7,11,15,17H,1-4,6,8-10,12-14H2,(H2,21,22,25)/t17-/m0/s1. The monoisotopic (exact) mass is 343 g/mol. The molecule has 1 aliphatic carbocycles. The summed E-state index contributed by atoms with van der Waals surface area (Å²) in [4.78, 5) is 21.5. The first-order chi connectivity index (χ1) is 12.3. The van der Waals surface area contributed by atoms with Crippen molar-refractivity contribution in [3.63, 3.8) is 0 Å². The van der Waals surface area contributed by atoms with E-state index < -0.39 is 0 Å². The van der Waals surface area contributed by atoms with Gasteiger partial charge in [0, 0.05) is 51.5 Å². The molecule has 1 atom stereocenters. The number of nitrogens with one attached hydrogen (secondary N) is 2. The van der Waals surface area contributed by atoms with Crippen molar-refractivity contribution in [2.45, 2.75) is 44.7 Å². The highest BCUT2D eigenvalue weighted by Gasteiger charge is 2.29. The van der Waals surface area contributed by atoms with Gasteiger partial charge < -0.3 is 20.4 Å². The highest BCUT2D eigenvalue weighted by molar-refractivity contribution is 5.74. The van der Waals surface area contributed by atoms with Gasteiger partial charge in [-0.25, -0.2) is 9.78 Å². The number of hydrogen-bond donors (Lipinski definition) is 2. The van der Waals surface area contributed by atoms with Crippen molar-refractivity contribution in [3.05, 3.63) is 23.9 Å². The predicted octanol–water partition coefficient (Wildman–Crippen LogP) is 1.97. The minimum atomic E-state index is -0.0576. The Morgan fingerprint density at radius 2 is 2.04 bits per heavy atom. The summed E-state index contributed by atoms with van der Waals surface area (Å²) in [5.41, 5.74) is 1.11. The second kappa shape index (κ2) is 7.60. The van der Waals surface area contributed by atoms with Crippen molar-refractivity contribution in [1.82, 2.24) is 20.5 Å². The third-order valence-electron chi connectivity index (χ3n) is 5.51. The van der Waals surface area contributed by atoms with E-state index in [4.69, 9.17) is 0 Å². The predicted molar refractivity (Wildman–Crippen MR) is 98.6 cm³/mol. The van der Waals surface area contributed by atoms with Crippen LogP contribution in [0.3, 0.4) is 0 Å². The molecule has 0 bridgehead atoms. The lowest BCUT2D eigenvalue weighted by molar-refractivity contribution is 0.235. The number of aromatic nitrogens is 1. The average molecular weight is 343 g/mol. The molecule has 1 aromatic rings. The summed E-state index contributed by atoms with van der Waals surface area (Å²) in [6.45, 7) is 6.06. The third kappa shape index (κ3) is 4.63. The Hall–Kier alpha value is -1.82. The van der Waals surface area contributed by atoms with Gasteiger partial charge in [0.15, 0.2) is 0 Å². The summed E-state index contributed by atoms with van der Waals surface area (Å²) >= 11 is 0. The first kappa shape index (κ1) is 16.6. The second-order valence-corrected chi connectivity index (χ2v) is 7.73. The molecule has 6 nitrogen and oxygen atoms in total. The topological polar surface area (TPSA) is 60.5 Å². The molecule has 25 heavy (non-hydrogen) atoms. The van der Waals surface area contributed by atoms with Crippen molar-refractivity contribution in [2.75, 3.05) is 37.6 Å². The molecule has 6 heteroatoms. The molecule has 2 aliphatic heterocycles. The van der Waals surface area contributed by atoms with Crippen LogP contribution in [-0.4, -0.2) is 54.7 Å². The molecule has 3 aliphatic rings. The average Bonchev–Trinajstić information content (AvgIpc) is 3.10. The van der Waals surface area contributed by atoms with Crippen LogP contribution >= 0.6 is 0 Å². The van der Waals surface area contributed by atoms with Crippen LogP contribution in [0.4, 0.5) is 10.6 Å². The lowest BCUT2D eigenvalue weighted by atomic mass is 10.2. The molecule has 0 unspecified atom stereocenters. The molecule has 2 saturated heterocycles. The van der Waals surface area contributed by atoms with E-state index in [9.17, 15) is 4.79 Å². The van der Waals surface area contributed by atoms with Crippen LogP contribution in [0.25, 0.3) is 0 Å². The molecular weight excluding hydrogens is 314 g/mol. The van der Waals surface area contributed by atoms with E-state index >= 15 is 0 Å². The molecule has 2 amide bonds. The van der Waals surface area contributed by atoms with Gasteiger partial charge in [0.1, 0.15) is 5.82 Å². The fraction of sp³-hybridized carbons (Fsp3) is 0.684. The molecule has 3 heterocycles. The number of carbonyl (C=O) groups excluding carboxylic acids is 1. The van der Waals surface area contributed by atoms with Crippen molar-refractivity contribution in [1.29, 1.82) is 0 Å². The van der Waals surface area contributed by atoms with E-state index in [1.165, 1.54) is 32.2 Å². The first-order valence-corrected chi connectivity index (χ1v) is 9.73. The van der Waals surface area contributed by atoms with Gasteiger partial charge in [-0.15, -0.1) is 0 Å². The van der Waals surface area contributed by atoms with Crippen molar-refractivity contribution in [3.8, 4) is 0 Å². The number of rotatable bonds is 6. The van der Waals surface area contributed by atoms with Crippen LogP contribution in [0, 0.1) is 5.92 Å². The summed E-state index contributed by atoms with van der Waals surface area (Å²) in [6.07, 6.45) is 8.17. The van der Waals surface area contributed by atoms with Crippen molar-refractivity contribution < 1.29 is 4.79 Å². The number of likely N-dealkylation sites (tertiary alicyclic amines) is 1. The summed E-state index contributed by atoms with van der Waals surface area (Å²) in [5.74, 6) is 1.95. The highest BCUT2D eigenvalue weighted by Crippen LogP contribution is 2.30. The van der Waals surface area contributed by atoms with Crippen LogP contribution in [0.1, 0.15) is 37.7 Å². The maximum Gasteiger partial charge on any atom is 0.315 e. The minimum Gasteiger partial charge on any atom is -0.357 e. The van der Waals surface area contributed by atoms with E-state index in [-0.39, 0.29) is 12.1 Å². The van der Waals surface area contributed by atoms with Gasteiger partial charge in [-0.2, -0.15) is 0 Å². The van der Waals surface area contributed by atoms with E-state index in [1.807, 2.05) is 12.3 Å². The molecule has 3 fully saturated rings. The van der Waals surface area contributed by atoms with E-state index in [2.05, 4.69) is 31.5 Å². The number of hydrogen-bond acceptors (Lipinski definition) is 4. The van der Waals surface area contributed by atoms with Crippen LogP contribution in [-0.2, 0) is 6.54 Å². The number of urea groups is 1. The van der Waals surface area contributed by atoms with Gasteiger partial charge >= 0.3 is 6.03 Å². The van der Waals surface area contributed by atoms with Crippen molar-refractivity contribution >= 4 is 11.8 Å². The Morgan fingerprint density at radius 1 is 1.20 bits per heavy atom. The lowest BCUT2D eigenvalue weighted by Crippen LogP contribution is -2.43. The second-order valence-electron chi connectivity index (χ2n) is 7.73. The van der Waals surface area contributed by atoms with Gasteiger partial charge in [-0.05, 0) is 55.7 Å². The van der Waals surface area contributed by atoms with Gasteiger partial charge in [0.25, 0.3) is 0 Å². The first-order valence-electron chi connectivity index (χ1n) is 9.73. The minimum absolute atomic E-state index is 0.0576. The summed E-state index contributed by atoms with van der Waals surface area (Å²) in [6, 6.07) is 4.31. The zero-order valence-electron chi connectivity index (χ0n) is 14.9. The van der Waals surface area contributed by atoms with Gasteiger partial charge in [-0.1, -0.05) is 0 Å². The quantitative estimate of drug-likeness (QED) is 0.829. The maximum atomic E-state index is 12.2. The van der Waals surface area contributed by atoms with Crippen LogP contribution < -0.4 is 15.5 Å². The van der Waals surface area contributed by atoms with Crippen LogP contribution in [0.5, 0.6) is 0 Å². The molecule has 1 saturated carbocycles. The molecule has 1 aromatic heterocycles. The molecule has 0 spiro atoms. The number of amides is 2. The zero-order chi connectivity index (χ0) is 17.1. The number of nitrogens with zero attached hydrogens (tertiary/aromatic N) is 3. The number of anilines is 1. The Morgan fingerprint density at radius 3 is 2.84 bits per heavy atom. The van der Waals surface area contributed by atoms with Crippen LogP contribution in [0.15, 0.2) is 18.3 Å².